The van der Waals surface area contributed by atoms with E-state index in [0.29, 0.717) is 5.69 Å². The molecule has 5 nitrogen and oxygen atoms in total. The van der Waals surface area contributed by atoms with Crippen LogP contribution in [0.1, 0.15) is 4.88 Å². The standard InChI is InChI=1S/C13H11N3O2S/c17-12(15-10-5-2-1-3-6-10)13(18)16-14-9-11-7-4-8-19-11/h1-9H,(H,15,17)(H,16,18). The number of benzene rings is 1. The summed E-state index contributed by atoms with van der Waals surface area (Å²) in [7, 11) is 0. The number of carbonyl (C=O) groups excluding carboxylic acids is 2. The van der Waals surface area contributed by atoms with Crippen LogP contribution < -0.4 is 10.7 Å². The molecule has 0 spiro atoms. The van der Waals surface area contributed by atoms with Gasteiger partial charge in [0.1, 0.15) is 0 Å². The van der Waals surface area contributed by atoms with E-state index >= 15 is 0 Å². The van der Waals surface area contributed by atoms with Crippen molar-refractivity contribution in [3.8, 4) is 0 Å². The van der Waals surface area contributed by atoms with Crippen LogP contribution >= 0.6 is 11.3 Å². The highest BCUT2D eigenvalue weighted by Crippen LogP contribution is 2.05. The van der Waals surface area contributed by atoms with Crippen molar-refractivity contribution >= 4 is 35.1 Å². The predicted molar refractivity (Wildman–Crippen MR) is 75.1 cm³/mol. The van der Waals surface area contributed by atoms with E-state index in [1.54, 1.807) is 24.3 Å². The van der Waals surface area contributed by atoms with Gasteiger partial charge in [-0.25, -0.2) is 5.43 Å². The number of rotatable bonds is 3. The molecule has 0 aliphatic rings. The quantitative estimate of drug-likeness (QED) is 0.509. The van der Waals surface area contributed by atoms with Crippen LogP contribution in [0.15, 0.2) is 52.9 Å². The van der Waals surface area contributed by atoms with Crippen molar-refractivity contribution in [3.63, 3.8) is 0 Å². The molecule has 2 rings (SSSR count). The summed E-state index contributed by atoms with van der Waals surface area (Å²) < 4.78 is 0. The van der Waals surface area contributed by atoms with Crippen molar-refractivity contribution in [3.05, 3.63) is 52.7 Å². The zero-order chi connectivity index (χ0) is 13.5. The molecule has 2 N–H and O–H groups in total. The number of thiophene rings is 1. The second-order valence-electron chi connectivity index (χ2n) is 3.53. The minimum atomic E-state index is -0.809. The maximum Gasteiger partial charge on any atom is 0.329 e. The van der Waals surface area contributed by atoms with E-state index in [9.17, 15) is 9.59 Å². The Hall–Kier alpha value is -2.47. The monoisotopic (exact) mass is 273 g/mol. The summed E-state index contributed by atoms with van der Waals surface area (Å²) in [5, 5.41) is 8.06. The van der Waals surface area contributed by atoms with Crippen molar-refractivity contribution < 1.29 is 9.59 Å². The Labute approximate surface area is 114 Å². The van der Waals surface area contributed by atoms with Crippen LogP contribution in [0.5, 0.6) is 0 Å². The highest BCUT2D eigenvalue weighted by molar-refractivity contribution is 7.11. The first-order chi connectivity index (χ1) is 9.25. The molecule has 1 heterocycles. The normalized spacial score (nSPS) is 10.3. The number of hydrazone groups is 1. The SMILES string of the molecule is O=C(NN=Cc1cccs1)C(=O)Nc1ccccc1. The van der Waals surface area contributed by atoms with Crippen molar-refractivity contribution in [2.75, 3.05) is 5.32 Å². The number of hydrogen-bond acceptors (Lipinski definition) is 4. The zero-order valence-corrected chi connectivity index (χ0v) is 10.7. The molecule has 0 bridgehead atoms. The van der Waals surface area contributed by atoms with Gasteiger partial charge in [0.25, 0.3) is 0 Å². The number of hydrogen-bond donors (Lipinski definition) is 2. The van der Waals surface area contributed by atoms with Gasteiger partial charge in [0.2, 0.25) is 0 Å². The molecule has 0 atom stereocenters. The topological polar surface area (TPSA) is 70.6 Å². The Balaban J connectivity index is 1.85. The molecule has 0 saturated heterocycles. The smallest absolute Gasteiger partial charge is 0.318 e. The van der Waals surface area contributed by atoms with E-state index in [-0.39, 0.29) is 0 Å². The largest absolute Gasteiger partial charge is 0.329 e. The van der Waals surface area contributed by atoms with Crippen LogP contribution in [0.4, 0.5) is 5.69 Å². The van der Waals surface area contributed by atoms with E-state index in [1.165, 1.54) is 17.6 Å². The summed E-state index contributed by atoms with van der Waals surface area (Å²) in [6.45, 7) is 0. The fourth-order valence-corrected chi connectivity index (χ4v) is 1.86. The Morgan fingerprint density at radius 3 is 2.53 bits per heavy atom. The summed E-state index contributed by atoms with van der Waals surface area (Å²) >= 11 is 1.48. The van der Waals surface area contributed by atoms with Gasteiger partial charge in [0, 0.05) is 10.6 Å². The highest BCUT2D eigenvalue weighted by atomic mass is 32.1. The number of carbonyl (C=O) groups is 2. The van der Waals surface area contributed by atoms with Crippen LogP contribution in [0.2, 0.25) is 0 Å². The predicted octanol–water partition coefficient (Wildman–Crippen LogP) is 1.84. The first kappa shape index (κ1) is 13.0. The third-order valence-corrected chi connectivity index (χ3v) is 2.95. The molecule has 0 radical (unpaired) electrons. The van der Waals surface area contributed by atoms with Gasteiger partial charge in [0.05, 0.1) is 6.21 Å². The molecule has 0 aliphatic heterocycles. The molecular formula is C13H11N3O2S. The highest BCUT2D eigenvalue weighted by Gasteiger charge is 2.12. The first-order valence-electron chi connectivity index (χ1n) is 5.48. The summed E-state index contributed by atoms with van der Waals surface area (Å²) in [6, 6.07) is 12.5. The van der Waals surface area contributed by atoms with Gasteiger partial charge < -0.3 is 5.32 Å². The molecule has 2 amide bonds. The van der Waals surface area contributed by atoms with Crippen LogP contribution in [-0.2, 0) is 9.59 Å². The molecule has 0 fully saturated rings. The second-order valence-corrected chi connectivity index (χ2v) is 4.51. The first-order valence-corrected chi connectivity index (χ1v) is 6.36. The maximum absolute atomic E-state index is 11.5. The molecule has 19 heavy (non-hydrogen) atoms. The second kappa shape index (κ2) is 6.46. The van der Waals surface area contributed by atoms with Gasteiger partial charge in [-0.1, -0.05) is 24.3 Å². The number of nitrogens with zero attached hydrogens (tertiary/aromatic N) is 1. The average molecular weight is 273 g/mol. The molecule has 2 aromatic rings. The average Bonchev–Trinajstić information content (AvgIpc) is 2.93. The van der Waals surface area contributed by atoms with Gasteiger partial charge in [0.15, 0.2) is 0 Å². The van der Waals surface area contributed by atoms with Crippen LogP contribution in [-0.4, -0.2) is 18.0 Å². The lowest BCUT2D eigenvalue weighted by molar-refractivity contribution is -0.136. The summed E-state index contributed by atoms with van der Waals surface area (Å²) in [4.78, 5) is 23.8. The number of amides is 2. The van der Waals surface area contributed by atoms with Gasteiger partial charge in [-0.2, -0.15) is 5.10 Å². The molecule has 96 valence electrons. The summed E-state index contributed by atoms with van der Waals surface area (Å²) in [5.74, 6) is -1.56. The Bertz CT molecular complexity index is 579. The molecule has 1 aromatic carbocycles. The number of para-hydroxylation sites is 1. The lowest BCUT2D eigenvalue weighted by atomic mass is 10.3. The van der Waals surface area contributed by atoms with Gasteiger partial charge in [-0.15, -0.1) is 11.3 Å². The number of nitrogens with one attached hydrogen (secondary N) is 2. The Morgan fingerprint density at radius 1 is 1.05 bits per heavy atom. The van der Waals surface area contributed by atoms with E-state index in [0.717, 1.165) is 4.88 Å². The maximum atomic E-state index is 11.5. The molecule has 1 aromatic heterocycles. The lowest BCUT2D eigenvalue weighted by Gasteiger charge is -2.02. The lowest BCUT2D eigenvalue weighted by Crippen LogP contribution is -2.32. The molecule has 0 unspecified atom stereocenters. The van der Waals surface area contributed by atoms with Crippen molar-refractivity contribution in [2.24, 2.45) is 5.10 Å². The van der Waals surface area contributed by atoms with Crippen molar-refractivity contribution in [1.29, 1.82) is 0 Å². The molecular weight excluding hydrogens is 262 g/mol. The van der Waals surface area contributed by atoms with E-state index in [2.05, 4.69) is 15.8 Å². The fourth-order valence-electron chi connectivity index (χ4n) is 1.28. The molecule has 0 aliphatic carbocycles. The van der Waals surface area contributed by atoms with E-state index in [1.807, 2.05) is 23.6 Å². The fraction of sp³-hybridized carbons (Fsp3) is 0. The van der Waals surface area contributed by atoms with Crippen molar-refractivity contribution in [1.82, 2.24) is 5.43 Å². The third-order valence-electron chi connectivity index (χ3n) is 2.14. The Kier molecular flexibility index (Phi) is 4.41. The van der Waals surface area contributed by atoms with E-state index < -0.39 is 11.8 Å². The zero-order valence-electron chi connectivity index (χ0n) is 9.87. The minimum absolute atomic E-state index is 0.560. The van der Waals surface area contributed by atoms with Crippen molar-refractivity contribution in [2.45, 2.75) is 0 Å². The van der Waals surface area contributed by atoms with E-state index in [4.69, 9.17) is 0 Å². The molecule has 6 heteroatoms. The van der Waals surface area contributed by atoms with Crippen LogP contribution in [0, 0.1) is 0 Å². The third kappa shape index (κ3) is 4.04. The minimum Gasteiger partial charge on any atom is -0.318 e. The van der Waals surface area contributed by atoms with Gasteiger partial charge >= 0.3 is 11.8 Å². The summed E-state index contributed by atoms with van der Waals surface area (Å²) in [6.07, 6.45) is 1.48. The van der Waals surface area contributed by atoms with Crippen LogP contribution in [0.3, 0.4) is 0 Å². The number of anilines is 1. The van der Waals surface area contributed by atoms with Gasteiger partial charge in [-0.05, 0) is 23.6 Å². The summed E-state index contributed by atoms with van der Waals surface area (Å²) in [5.41, 5.74) is 2.73. The van der Waals surface area contributed by atoms with Gasteiger partial charge in [-0.3, -0.25) is 9.59 Å². The Morgan fingerprint density at radius 2 is 1.84 bits per heavy atom. The van der Waals surface area contributed by atoms with Crippen LogP contribution in [0.25, 0.3) is 0 Å². The molecule has 0 saturated carbocycles.